The van der Waals surface area contributed by atoms with Gasteiger partial charge in [-0.15, -0.1) is 0 Å². The van der Waals surface area contributed by atoms with Crippen molar-refractivity contribution in [1.29, 1.82) is 0 Å². The molecule has 3 aromatic rings. The molecular formula is C30H39N5O10S2. The van der Waals surface area contributed by atoms with Crippen molar-refractivity contribution < 1.29 is 45.8 Å². The number of alkyl carbamates (subject to hydrolysis) is 1. The molecule has 0 spiro atoms. The number of aromatic amines is 1. The molecule has 15 nitrogen and oxygen atoms in total. The fourth-order valence-electron chi connectivity index (χ4n) is 6.15. The van der Waals surface area contributed by atoms with E-state index in [4.69, 9.17) is 19.0 Å². The van der Waals surface area contributed by atoms with Crippen molar-refractivity contribution in [3.05, 3.63) is 54.1 Å². The van der Waals surface area contributed by atoms with E-state index in [0.29, 0.717) is 31.4 Å². The van der Waals surface area contributed by atoms with Crippen LogP contribution in [0, 0.1) is 5.92 Å². The molecule has 17 heteroatoms. The summed E-state index contributed by atoms with van der Waals surface area (Å²) in [5.74, 6) is -0.142. The lowest BCUT2D eigenvalue weighted by atomic mass is 10.0. The number of aliphatic hydroxyl groups excluding tert-OH is 1. The summed E-state index contributed by atoms with van der Waals surface area (Å²) < 4.78 is 71.3. The third-order valence-corrected chi connectivity index (χ3v) is 10.7. The Labute approximate surface area is 273 Å². The number of ether oxygens (including phenoxy) is 3. The molecule has 256 valence electrons. The van der Waals surface area contributed by atoms with Crippen molar-refractivity contribution in [2.45, 2.75) is 74.1 Å². The molecule has 1 aromatic heterocycles. The van der Waals surface area contributed by atoms with Crippen LogP contribution in [0.2, 0.25) is 0 Å². The summed E-state index contributed by atoms with van der Waals surface area (Å²) in [6, 6.07) is 12.3. The van der Waals surface area contributed by atoms with Crippen LogP contribution < -0.4 is 10.0 Å². The maximum atomic E-state index is 14.1. The molecule has 1 aliphatic carbocycles. The van der Waals surface area contributed by atoms with Gasteiger partial charge < -0.3 is 29.6 Å². The minimum atomic E-state index is -4.38. The van der Waals surface area contributed by atoms with Crippen molar-refractivity contribution >= 4 is 43.1 Å². The van der Waals surface area contributed by atoms with Crippen molar-refractivity contribution in [3.63, 3.8) is 0 Å². The monoisotopic (exact) mass is 693 g/mol. The average Bonchev–Trinajstić information content (AvgIpc) is 3.82. The molecule has 0 radical (unpaired) electrons. The second-order valence-electron chi connectivity index (χ2n) is 12.1. The largest absolute Gasteiger partial charge is 0.443 e. The first kappa shape index (κ1) is 33.6. The summed E-state index contributed by atoms with van der Waals surface area (Å²) >= 11 is 0. The topological polar surface area (TPSA) is 198 Å². The van der Waals surface area contributed by atoms with Gasteiger partial charge in [0.05, 0.1) is 66.1 Å². The van der Waals surface area contributed by atoms with Gasteiger partial charge in [-0.2, -0.15) is 0 Å². The summed E-state index contributed by atoms with van der Waals surface area (Å²) in [5.41, 5.74) is 1.42. The van der Waals surface area contributed by atoms with Gasteiger partial charge in [0, 0.05) is 0 Å². The molecule has 2 aliphatic heterocycles. The van der Waals surface area contributed by atoms with E-state index in [9.17, 15) is 26.7 Å². The zero-order valence-corrected chi connectivity index (χ0v) is 27.4. The van der Waals surface area contributed by atoms with Gasteiger partial charge in [0.15, 0.2) is 6.29 Å². The molecule has 0 unspecified atom stereocenters. The number of benzene rings is 2. The molecule has 4 N–H and O–H groups in total. The number of imidazole rings is 1. The summed E-state index contributed by atoms with van der Waals surface area (Å²) in [6.07, 6.45) is 1.41. The van der Waals surface area contributed by atoms with Crippen LogP contribution in [0.5, 0.6) is 0 Å². The lowest BCUT2D eigenvalue weighted by Gasteiger charge is -2.31. The number of aromatic nitrogens is 2. The molecular weight excluding hydrogens is 654 g/mol. The van der Waals surface area contributed by atoms with Crippen LogP contribution in [0.25, 0.3) is 11.0 Å². The molecule has 0 bridgehead atoms. The van der Waals surface area contributed by atoms with Crippen LogP contribution in [0.4, 0.5) is 10.7 Å². The highest BCUT2D eigenvalue weighted by atomic mass is 32.2. The molecule has 6 rings (SSSR count). The first-order valence-corrected chi connectivity index (χ1v) is 18.9. The van der Waals surface area contributed by atoms with Gasteiger partial charge in [0.1, 0.15) is 6.10 Å². The van der Waals surface area contributed by atoms with Crippen LogP contribution in [-0.4, -0.2) is 99.1 Å². The van der Waals surface area contributed by atoms with Gasteiger partial charge in [-0.05, 0) is 49.4 Å². The summed E-state index contributed by atoms with van der Waals surface area (Å²) in [4.78, 5) is 26.0. The Bertz CT molecular complexity index is 1770. The summed E-state index contributed by atoms with van der Waals surface area (Å²) in [6.45, 7) is 0.215. The van der Waals surface area contributed by atoms with E-state index in [-0.39, 0.29) is 41.4 Å². The number of H-pyrrole nitrogens is 1. The van der Waals surface area contributed by atoms with Crippen LogP contribution in [0.1, 0.15) is 37.7 Å². The van der Waals surface area contributed by atoms with Gasteiger partial charge in [-0.1, -0.05) is 47.6 Å². The average molecular weight is 694 g/mol. The maximum absolute atomic E-state index is 14.1. The van der Waals surface area contributed by atoms with Gasteiger partial charge in [-0.3, -0.25) is 9.56 Å². The zero-order valence-electron chi connectivity index (χ0n) is 25.8. The molecule has 47 heavy (non-hydrogen) atoms. The van der Waals surface area contributed by atoms with E-state index in [0.717, 1.165) is 29.1 Å². The zero-order chi connectivity index (χ0) is 33.2. The number of hydrogen-bond donors (Lipinski definition) is 4. The van der Waals surface area contributed by atoms with E-state index in [2.05, 4.69) is 20.0 Å². The van der Waals surface area contributed by atoms with Gasteiger partial charge in [-0.25, -0.2) is 26.6 Å². The number of aliphatic hydroxyl groups is 1. The molecule has 3 fully saturated rings. The number of hydroxylamine groups is 1. The van der Waals surface area contributed by atoms with Crippen molar-refractivity contribution in [3.8, 4) is 0 Å². The van der Waals surface area contributed by atoms with E-state index < -0.39 is 57.2 Å². The van der Waals surface area contributed by atoms with E-state index in [1.807, 2.05) is 30.3 Å². The Kier molecular flexibility index (Phi) is 10.0. The fraction of sp³-hybridized carbons (Fsp3) is 0.533. The minimum Gasteiger partial charge on any atom is -0.443 e. The quantitative estimate of drug-likeness (QED) is 0.192. The summed E-state index contributed by atoms with van der Waals surface area (Å²) in [7, 11) is -8.00. The number of rotatable bonds is 13. The molecule has 3 heterocycles. The fourth-order valence-corrected chi connectivity index (χ4v) is 7.91. The van der Waals surface area contributed by atoms with E-state index in [1.54, 1.807) is 0 Å². The van der Waals surface area contributed by atoms with Crippen molar-refractivity contribution in [2.75, 3.05) is 30.7 Å². The standard InChI is InChI=1S/C30H39N5O10S2/c1-46(38,39)34-29-31-23-12-11-21(16-24(23)32-29)47(40,41)35(45-20-9-5-6-10-20)17-26(36)25(15-19-7-3-2-4-8-19)33-30(37)44-27-18-43-28-22(27)13-14-42-28/h2-4,7-8,11-12,16,20,22,25-28,36H,5-6,9-10,13-15,17-18H2,1H3,(H,33,37)(H2,31,32,34)/t22-,25-,26+,27-,28+/m0/s1. The number of fused-ring (bicyclic) bond motifs is 2. The number of nitrogens with zero attached hydrogens (tertiary/aromatic N) is 2. The highest BCUT2D eigenvalue weighted by Gasteiger charge is 2.44. The smallest absolute Gasteiger partial charge is 0.407 e. The van der Waals surface area contributed by atoms with Gasteiger partial charge >= 0.3 is 6.09 Å². The second kappa shape index (κ2) is 14.0. The lowest BCUT2D eigenvalue weighted by Crippen LogP contribution is -2.51. The van der Waals surface area contributed by atoms with E-state index in [1.165, 1.54) is 18.2 Å². The third-order valence-electron chi connectivity index (χ3n) is 8.52. The Balaban J connectivity index is 1.23. The normalized spacial score (nSPS) is 23.2. The third kappa shape index (κ3) is 8.22. The number of amides is 1. The SMILES string of the molecule is CS(=O)(=O)Nc1nc2cc(S(=O)(=O)N(C[C@@H](O)[C@H](Cc3ccccc3)NC(=O)O[C@H]3CO[C@H]4OCC[C@H]43)OC3CCCC3)ccc2[nH]1. The molecule has 2 aromatic carbocycles. The number of hydrogen-bond acceptors (Lipinski definition) is 11. The number of anilines is 1. The lowest BCUT2D eigenvalue weighted by molar-refractivity contribution is -0.145. The predicted octanol–water partition coefficient (Wildman–Crippen LogP) is 2.26. The molecule has 1 amide bonds. The predicted molar refractivity (Wildman–Crippen MR) is 169 cm³/mol. The second-order valence-corrected chi connectivity index (χ2v) is 15.7. The number of nitrogens with one attached hydrogen (secondary N) is 3. The molecule has 1 saturated carbocycles. The highest BCUT2D eigenvalue weighted by Crippen LogP contribution is 2.33. The number of carbonyl (C=O) groups is 1. The van der Waals surface area contributed by atoms with Crippen LogP contribution in [0.3, 0.4) is 0 Å². The molecule has 3 aliphatic rings. The van der Waals surface area contributed by atoms with Crippen molar-refractivity contribution in [1.82, 2.24) is 19.8 Å². The number of carbonyl (C=O) groups excluding carboxylic acids is 1. The van der Waals surface area contributed by atoms with Crippen LogP contribution >= 0.6 is 0 Å². The van der Waals surface area contributed by atoms with Crippen LogP contribution in [-0.2, 0) is 45.5 Å². The Morgan fingerprint density at radius 2 is 1.87 bits per heavy atom. The van der Waals surface area contributed by atoms with E-state index >= 15 is 0 Å². The first-order valence-electron chi connectivity index (χ1n) is 15.5. The molecule has 2 saturated heterocycles. The minimum absolute atomic E-state index is 0.0617. The van der Waals surface area contributed by atoms with Gasteiger partial charge in [0.2, 0.25) is 16.0 Å². The number of sulfonamides is 2. The molecule has 5 atom stereocenters. The van der Waals surface area contributed by atoms with Crippen LogP contribution in [0.15, 0.2) is 53.4 Å². The van der Waals surface area contributed by atoms with Gasteiger partial charge in [0.25, 0.3) is 10.0 Å². The Morgan fingerprint density at radius 3 is 2.62 bits per heavy atom. The maximum Gasteiger partial charge on any atom is 0.407 e. The summed E-state index contributed by atoms with van der Waals surface area (Å²) in [5, 5.41) is 14.3. The Morgan fingerprint density at radius 1 is 1.11 bits per heavy atom. The highest BCUT2D eigenvalue weighted by molar-refractivity contribution is 7.92. The van der Waals surface area contributed by atoms with Crippen molar-refractivity contribution in [2.24, 2.45) is 5.92 Å². The first-order chi connectivity index (χ1) is 22.4. The Hall–Kier alpha value is -3.32.